The van der Waals surface area contributed by atoms with Gasteiger partial charge in [-0.2, -0.15) is 0 Å². The molecule has 0 aliphatic rings. The minimum Gasteiger partial charge on any atom is -0.377 e. The van der Waals surface area contributed by atoms with E-state index < -0.39 is 5.82 Å². The van der Waals surface area contributed by atoms with E-state index >= 15 is 0 Å². The summed E-state index contributed by atoms with van der Waals surface area (Å²) in [5, 5.41) is 4.75. The molecule has 0 unspecified atom stereocenters. The molecule has 0 bridgehead atoms. The van der Waals surface area contributed by atoms with Gasteiger partial charge in [-0.15, -0.1) is 11.3 Å². The van der Waals surface area contributed by atoms with Gasteiger partial charge in [-0.25, -0.2) is 4.39 Å². The second-order valence-corrected chi connectivity index (χ2v) is 9.55. The van der Waals surface area contributed by atoms with Gasteiger partial charge in [0.1, 0.15) is 5.82 Å². The highest BCUT2D eigenvalue weighted by Gasteiger charge is 2.26. The van der Waals surface area contributed by atoms with E-state index in [1.165, 1.54) is 29.5 Å². The lowest BCUT2D eigenvalue weighted by molar-refractivity contribution is 0.0633. The minimum absolute atomic E-state index is 0.00916. The van der Waals surface area contributed by atoms with Crippen molar-refractivity contribution >= 4 is 34.5 Å². The number of benzene rings is 2. The molecule has 5 nitrogen and oxygen atoms in total. The largest absolute Gasteiger partial charge is 0.377 e. The van der Waals surface area contributed by atoms with Crippen molar-refractivity contribution in [2.75, 3.05) is 24.3 Å². The third-order valence-electron chi connectivity index (χ3n) is 5.70. The van der Waals surface area contributed by atoms with E-state index in [1.807, 2.05) is 59.6 Å². The topological polar surface area (TPSA) is 52.7 Å². The molecule has 0 radical (unpaired) electrons. The van der Waals surface area contributed by atoms with Crippen molar-refractivity contribution in [2.24, 2.45) is 5.92 Å². The number of nitrogens with zero attached hydrogens (tertiary/aromatic N) is 2. The summed E-state index contributed by atoms with van der Waals surface area (Å²) in [6.07, 6.45) is 0. The van der Waals surface area contributed by atoms with Gasteiger partial charge in [0, 0.05) is 43.6 Å². The molecule has 3 rings (SSSR count). The smallest absolute Gasteiger partial charge is 0.264 e. The zero-order chi connectivity index (χ0) is 24.1. The van der Waals surface area contributed by atoms with Gasteiger partial charge in [0.2, 0.25) is 0 Å². The molecular weight excluding hydrogens is 437 g/mol. The number of hydrogen-bond acceptors (Lipinski definition) is 4. The highest BCUT2D eigenvalue weighted by molar-refractivity contribution is 7.12. The highest BCUT2D eigenvalue weighted by atomic mass is 32.1. The summed E-state index contributed by atoms with van der Waals surface area (Å²) in [5.74, 6) is -0.588. The molecule has 33 heavy (non-hydrogen) atoms. The Morgan fingerprint density at radius 3 is 2.39 bits per heavy atom. The fourth-order valence-electron chi connectivity index (χ4n) is 3.55. The number of thiophene rings is 1. The molecule has 1 aromatic heterocycles. The molecule has 1 heterocycles. The van der Waals surface area contributed by atoms with Crippen LogP contribution in [-0.2, 0) is 6.54 Å². The molecule has 0 spiro atoms. The molecule has 2 amide bonds. The Morgan fingerprint density at radius 1 is 1.03 bits per heavy atom. The standard InChI is InChI=1S/C26H30FN3O2S/c1-17(2)18(3)30(26(32)24-10-7-13-33-24)16-20-15-22(11-12-23(20)29(4)5)28-25(31)19-8-6-9-21(27)14-19/h6-15,17-18H,16H2,1-5H3,(H,28,31)/t18-/m0/s1. The Labute approximate surface area is 198 Å². The van der Waals surface area contributed by atoms with Gasteiger partial charge in [-0.1, -0.05) is 26.0 Å². The van der Waals surface area contributed by atoms with Crippen LogP contribution in [0.15, 0.2) is 60.0 Å². The van der Waals surface area contributed by atoms with E-state index in [4.69, 9.17) is 0 Å². The van der Waals surface area contributed by atoms with Crippen molar-refractivity contribution in [3.63, 3.8) is 0 Å². The Hall–Kier alpha value is -3.19. The predicted octanol–water partition coefficient (Wildman–Crippen LogP) is 5.89. The maximum absolute atomic E-state index is 13.5. The zero-order valence-corrected chi connectivity index (χ0v) is 20.4. The van der Waals surface area contributed by atoms with Gasteiger partial charge in [0.15, 0.2) is 0 Å². The molecule has 3 aromatic rings. The first-order valence-electron chi connectivity index (χ1n) is 10.9. The second kappa shape index (κ2) is 10.6. The van der Waals surface area contributed by atoms with E-state index in [0.29, 0.717) is 17.1 Å². The van der Waals surface area contributed by atoms with Crippen LogP contribution in [0.5, 0.6) is 0 Å². The monoisotopic (exact) mass is 467 g/mol. The van der Waals surface area contributed by atoms with Crippen LogP contribution in [0.4, 0.5) is 15.8 Å². The molecule has 0 fully saturated rings. The summed E-state index contributed by atoms with van der Waals surface area (Å²) in [6.45, 7) is 6.65. The van der Waals surface area contributed by atoms with Crippen molar-refractivity contribution in [3.8, 4) is 0 Å². The fourth-order valence-corrected chi connectivity index (χ4v) is 4.22. The van der Waals surface area contributed by atoms with Crippen LogP contribution in [0, 0.1) is 11.7 Å². The summed E-state index contributed by atoms with van der Waals surface area (Å²) in [4.78, 5) is 30.5. The number of anilines is 2. The lowest BCUT2D eigenvalue weighted by Crippen LogP contribution is -2.41. The molecule has 1 atom stereocenters. The number of amides is 2. The minimum atomic E-state index is -0.461. The zero-order valence-electron chi connectivity index (χ0n) is 19.6. The molecule has 0 aliphatic heterocycles. The summed E-state index contributed by atoms with van der Waals surface area (Å²) in [7, 11) is 3.89. The fraction of sp³-hybridized carbons (Fsp3) is 0.308. The van der Waals surface area contributed by atoms with Gasteiger partial charge in [0.05, 0.1) is 4.88 Å². The average molecular weight is 468 g/mol. The van der Waals surface area contributed by atoms with E-state index in [1.54, 1.807) is 6.07 Å². The molecular formula is C26H30FN3O2S. The van der Waals surface area contributed by atoms with Gasteiger partial charge in [0.25, 0.3) is 11.8 Å². The third-order valence-corrected chi connectivity index (χ3v) is 6.55. The Bertz CT molecular complexity index is 1110. The molecule has 0 saturated heterocycles. The number of rotatable bonds is 8. The number of halogens is 1. The van der Waals surface area contributed by atoms with E-state index in [-0.39, 0.29) is 29.3 Å². The van der Waals surface area contributed by atoms with Crippen LogP contribution in [-0.4, -0.2) is 36.9 Å². The van der Waals surface area contributed by atoms with Gasteiger partial charge in [-0.3, -0.25) is 9.59 Å². The van der Waals surface area contributed by atoms with E-state index in [2.05, 4.69) is 26.1 Å². The Morgan fingerprint density at radius 2 is 1.79 bits per heavy atom. The van der Waals surface area contributed by atoms with Crippen LogP contribution < -0.4 is 10.2 Å². The summed E-state index contributed by atoms with van der Waals surface area (Å²) in [5.41, 5.74) is 2.70. The van der Waals surface area contributed by atoms with Crippen LogP contribution >= 0.6 is 11.3 Å². The van der Waals surface area contributed by atoms with Gasteiger partial charge >= 0.3 is 0 Å². The van der Waals surface area contributed by atoms with Crippen LogP contribution in [0.3, 0.4) is 0 Å². The predicted molar refractivity (Wildman–Crippen MR) is 134 cm³/mol. The number of carbonyl (C=O) groups is 2. The van der Waals surface area contributed by atoms with Crippen molar-refractivity contribution < 1.29 is 14.0 Å². The molecule has 1 N–H and O–H groups in total. The SMILES string of the molecule is CC(C)[C@H](C)N(Cc1cc(NC(=O)c2cccc(F)c2)ccc1N(C)C)C(=O)c1cccs1. The molecule has 174 valence electrons. The quantitative estimate of drug-likeness (QED) is 0.449. The number of nitrogens with one attached hydrogen (secondary N) is 1. The highest BCUT2D eigenvalue weighted by Crippen LogP contribution is 2.28. The number of hydrogen-bond donors (Lipinski definition) is 1. The number of carbonyl (C=O) groups excluding carboxylic acids is 2. The molecule has 2 aromatic carbocycles. The van der Waals surface area contributed by atoms with Crippen molar-refractivity contribution in [3.05, 3.63) is 81.8 Å². The van der Waals surface area contributed by atoms with Crippen molar-refractivity contribution in [2.45, 2.75) is 33.4 Å². The van der Waals surface area contributed by atoms with Crippen molar-refractivity contribution in [1.29, 1.82) is 0 Å². The first-order valence-corrected chi connectivity index (χ1v) is 11.8. The molecule has 0 saturated carbocycles. The van der Waals surface area contributed by atoms with Gasteiger partial charge in [-0.05, 0) is 66.2 Å². The molecule has 0 aliphatic carbocycles. The maximum atomic E-state index is 13.5. The summed E-state index contributed by atoms with van der Waals surface area (Å²) in [6, 6.07) is 14.9. The maximum Gasteiger partial charge on any atom is 0.264 e. The Balaban J connectivity index is 1.93. The Kier molecular flexibility index (Phi) is 7.87. The van der Waals surface area contributed by atoms with Crippen LogP contribution in [0.2, 0.25) is 0 Å². The first-order chi connectivity index (χ1) is 15.7. The lowest BCUT2D eigenvalue weighted by Gasteiger charge is -2.33. The summed E-state index contributed by atoms with van der Waals surface area (Å²) >= 11 is 1.43. The second-order valence-electron chi connectivity index (χ2n) is 8.60. The van der Waals surface area contributed by atoms with E-state index in [9.17, 15) is 14.0 Å². The van der Waals surface area contributed by atoms with Crippen LogP contribution in [0.25, 0.3) is 0 Å². The normalized spacial score (nSPS) is 11.8. The third kappa shape index (κ3) is 5.99. The van der Waals surface area contributed by atoms with Crippen LogP contribution in [0.1, 0.15) is 46.4 Å². The van der Waals surface area contributed by atoms with Gasteiger partial charge < -0.3 is 15.1 Å². The molecule has 7 heteroatoms. The lowest BCUT2D eigenvalue weighted by atomic mass is 10.0. The van der Waals surface area contributed by atoms with E-state index in [0.717, 1.165) is 11.3 Å². The first kappa shape index (κ1) is 24.5. The summed E-state index contributed by atoms with van der Waals surface area (Å²) < 4.78 is 13.5. The average Bonchev–Trinajstić information content (AvgIpc) is 3.31. The van der Waals surface area contributed by atoms with Crippen molar-refractivity contribution in [1.82, 2.24) is 4.90 Å².